The molecule has 0 spiro atoms. The van der Waals surface area contributed by atoms with Gasteiger partial charge in [0, 0.05) is 32.3 Å². The second kappa shape index (κ2) is 4.70. The smallest absolute Gasteiger partial charge is 0.0632 e. The van der Waals surface area contributed by atoms with E-state index in [2.05, 4.69) is 17.3 Å². The first kappa shape index (κ1) is 8.97. The van der Waals surface area contributed by atoms with Crippen LogP contribution in [0.5, 0.6) is 0 Å². The number of nitrogens with one attached hydrogen (secondary N) is 1. The van der Waals surface area contributed by atoms with Crippen LogP contribution in [-0.2, 0) is 4.74 Å². The topological polar surface area (TPSA) is 24.5 Å². The van der Waals surface area contributed by atoms with E-state index in [-0.39, 0.29) is 0 Å². The summed E-state index contributed by atoms with van der Waals surface area (Å²) in [6, 6.07) is 0.536. The van der Waals surface area contributed by atoms with Crippen LogP contribution >= 0.6 is 0 Å². The molecule has 0 aliphatic carbocycles. The van der Waals surface area contributed by atoms with Gasteiger partial charge in [-0.3, -0.25) is 0 Å². The Balaban J connectivity index is 2.12. The van der Waals surface area contributed by atoms with Gasteiger partial charge in [-0.25, -0.2) is 0 Å². The maximum atomic E-state index is 5.33. The number of hydrogen-bond donors (Lipinski definition) is 1. The zero-order valence-corrected chi connectivity index (χ0v) is 7.47. The lowest BCUT2D eigenvalue weighted by molar-refractivity contribution is 0.0965. The summed E-state index contributed by atoms with van der Waals surface area (Å²) in [4.78, 5) is 2.33. The van der Waals surface area contributed by atoms with Crippen molar-refractivity contribution < 1.29 is 4.74 Å². The highest BCUT2D eigenvalue weighted by Gasteiger charge is 2.15. The van der Waals surface area contributed by atoms with Crippen molar-refractivity contribution in [3.63, 3.8) is 0 Å². The molecule has 0 bridgehead atoms. The summed E-state index contributed by atoms with van der Waals surface area (Å²) in [5.74, 6) is 0. The van der Waals surface area contributed by atoms with E-state index in [1.807, 2.05) is 6.92 Å². The molecule has 0 radical (unpaired) electrons. The quantitative estimate of drug-likeness (QED) is 0.622. The van der Waals surface area contributed by atoms with Gasteiger partial charge in [-0.05, 0) is 14.0 Å². The Bertz CT molecular complexity index is 108. The molecule has 1 heterocycles. The summed E-state index contributed by atoms with van der Waals surface area (Å²) in [7, 11) is 2.15. The Labute approximate surface area is 68.7 Å². The zero-order chi connectivity index (χ0) is 8.10. The minimum absolute atomic E-state index is 0.536. The van der Waals surface area contributed by atoms with E-state index in [4.69, 9.17) is 4.74 Å². The molecule has 1 aliphatic heterocycles. The van der Waals surface area contributed by atoms with E-state index in [1.165, 1.54) is 0 Å². The molecule has 1 fully saturated rings. The summed E-state index contributed by atoms with van der Waals surface area (Å²) in [5.41, 5.74) is 0. The Morgan fingerprint density at radius 3 is 3.09 bits per heavy atom. The van der Waals surface area contributed by atoms with Crippen molar-refractivity contribution in [1.82, 2.24) is 10.2 Å². The number of hydrogen-bond acceptors (Lipinski definition) is 3. The van der Waals surface area contributed by atoms with Gasteiger partial charge in [-0.1, -0.05) is 0 Å². The molecule has 0 amide bonds. The monoisotopic (exact) mass is 158 g/mol. The van der Waals surface area contributed by atoms with E-state index >= 15 is 0 Å². The molecule has 1 N–H and O–H groups in total. The van der Waals surface area contributed by atoms with Crippen molar-refractivity contribution in [3.8, 4) is 0 Å². The molecular weight excluding hydrogens is 140 g/mol. The minimum atomic E-state index is 0.536. The molecule has 11 heavy (non-hydrogen) atoms. The van der Waals surface area contributed by atoms with Crippen molar-refractivity contribution in [1.29, 1.82) is 0 Å². The molecule has 1 atom stereocenters. The van der Waals surface area contributed by atoms with Crippen LogP contribution in [0.25, 0.3) is 0 Å². The number of ether oxygens (including phenoxy) is 1. The van der Waals surface area contributed by atoms with E-state index in [9.17, 15) is 0 Å². The second-order valence-corrected chi connectivity index (χ2v) is 3.07. The third-order valence-corrected chi connectivity index (χ3v) is 1.98. The number of rotatable bonds is 3. The van der Waals surface area contributed by atoms with Crippen molar-refractivity contribution in [2.24, 2.45) is 0 Å². The van der Waals surface area contributed by atoms with Gasteiger partial charge in [0.05, 0.1) is 6.61 Å². The van der Waals surface area contributed by atoms with Gasteiger partial charge in [0.1, 0.15) is 0 Å². The summed E-state index contributed by atoms with van der Waals surface area (Å²) >= 11 is 0. The summed E-state index contributed by atoms with van der Waals surface area (Å²) in [6.07, 6.45) is 0. The molecule has 0 aromatic carbocycles. The van der Waals surface area contributed by atoms with Crippen LogP contribution < -0.4 is 5.32 Å². The highest BCUT2D eigenvalue weighted by molar-refractivity contribution is 4.75. The molecule has 0 saturated carbocycles. The van der Waals surface area contributed by atoms with Crippen LogP contribution in [0.4, 0.5) is 0 Å². The largest absolute Gasteiger partial charge is 0.380 e. The summed E-state index contributed by atoms with van der Waals surface area (Å²) in [6.45, 7) is 7.06. The molecule has 0 aromatic rings. The average molecular weight is 158 g/mol. The van der Waals surface area contributed by atoms with Gasteiger partial charge in [0.25, 0.3) is 0 Å². The maximum absolute atomic E-state index is 5.33. The minimum Gasteiger partial charge on any atom is -0.380 e. The van der Waals surface area contributed by atoms with Gasteiger partial charge < -0.3 is 15.0 Å². The van der Waals surface area contributed by atoms with Crippen molar-refractivity contribution in [2.75, 3.05) is 39.9 Å². The standard InChI is InChI=1S/C8H18N2O/c1-3-11-7-8-6-10(2)5-4-9-8/h8-9H,3-7H2,1-2H3. The predicted molar refractivity (Wildman–Crippen MR) is 45.8 cm³/mol. The van der Waals surface area contributed by atoms with E-state index < -0.39 is 0 Å². The summed E-state index contributed by atoms with van der Waals surface area (Å²) in [5, 5.41) is 3.42. The van der Waals surface area contributed by atoms with Crippen LogP contribution in [0.15, 0.2) is 0 Å². The van der Waals surface area contributed by atoms with E-state index in [1.54, 1.807) is 0 Å². The fourth-order valence-electron chi connectivity index (χ4n) is 1.36. The number of nitrogens with zero attached hydrogens (tertiary/aromatic N) is 1. The Morgan fingerprint density at radius 2 is 2.45 bits per heavy atom. The van der Waals surface area contributed by atoms with Crippen LogP contribution in [0, 0.1) is 0 Å². The summed E-state index contributed by atoms with van der Waals surface area (Å²) < 4.78 is 5.33. The van der Waals surface area contributed by atoms with Gasteiger partial charge in [-0.15, -0.1) is 0 Å². The normalized spacial score (nSPS) is 27.3. The molecule has 1 rings (SSSR count). The van der Waals surface area contributed by atoms with Gasteiger partial charge in [-0.2, -0.15) is 0 Å². The lowest BCUT2D eigenvalue weighted by Crippen LogP contribution is -2.51. The van der Waals surface area contributed by atoms with Crippen molar-refractivity contribution in [3.05, 3.63) is 0 Å². The average Bonchev–Trinajstić information content (AvgIpc) is 2.01. The molecule has 1 saturated heterocycles. The molecule has 1 aliphatic rings. The Morgan fingerprint density at radius 1 is 1.64 bits per heavy atom. The Kier molecular flexibility index (Phi) is 3.83. The Hall–Kier alpha value is -0.120. The van der Waals surface area contributed by atoms with E-state index in [0.29, 0.717) is 6.04 Å². The van der Waals surface area contributed by atoms with Gasteiger partial charge in [0.15, 0.2) is 0 Å². The first-order valence-corrected chi connectivity index (χ1v) is 4.32. The van der Waals surface area contributed by atoms with Crippen molar-refractivity contribution >= 4 is 0 Å². The van der Waals surface area contributed by atoms with Crippen LogP contribution in [0.3, 0.4) is 0 Å². The first-order chi connectivity index (χ1) is 5.33. The lowest BCUT2D eigenvalue weighted by Gasteiger charge is -2.30. The van der Waals surface area contributed by atoms with Gasteiger partial charge in [0.2, 0.25) is 0 Å². The van der Waals surface area contributed by atoms with E-state index in [0.717, 1.165) is 32.8 Å². The third-order valence-electron chi connectivity index (χ3n) is 1.98. The van der Waals surface area contributed by atoms with Crippen LogP contribution in [0.2, 0.25) is 0 Å². The molecule has 3 heteroatoms. The second-order valence-electron chi connectivity index (χ2n) is 3.07. The zero-order valence-electron chi connectivity index (χ0n) is 7.47. The van der Waals surface area contributed by atoms with Gasteiger partial charge >= 0.3 is 0 Å². The molecule has 1 unspecified atom stereocenters. The fraction of sp³-hybridized carbons (Fsp3) is 1.00. The fourth-order valence-corrected chi connectivity index (χ4v) is 1.36. The number of likely N-dealkylation sites (N-methyl/N-ethyl adjacent to an activating group) is 1. The SMILES string of the molecule is CCOCC1CN(C)CCN1. The molecular formula is C8H18N2O. The molecule has 0 aromatic heterocycles. The highest BCUT2D eigenvalue weighted by Crippen LogP contribution is 1.95. The number of piperazine rings is 1. The highest BCUT2D eigenvalue weighted by atomic mass is 16.5. The predicted octanol–water partition coefficient (Wildman–Crippen LogP) is -0.0735. The lowest BCUT2D eigenvalue weighted by atomic mass is 10.2. The molecule has 3 nitrogen and oxygen atoms in total. The third kappa shape index (κ3) is 3.18. The van der Waals surface area contributed by atoms with Crippen LogP contribution in [-0.4, -0.2) is 50.8 Å². The molecule has 66 valence electrons. The van der Waals surface area contributed by atoms with Crippen LogP contribution in [0.1, 0.15) is 6.92 Å². The van der Waals surface area contributed by atoms with Crippen molar-refractivity contribution in [2.45, 2.75) is 13.0 Å². The maximum Gasteiger partial charge on any atom is 0.0632 e. The first-order valence-electron chi connectivity index (χ1n) is 4.32.